The molecule has 2 aromatic heterocycles. The number of nitrogens with zero attached hydrogens (tertiary/aromatic N) is 4. The van der Waals surface area contributed by atoms with Crippen LogP contribution in [-0.2, 0) is 16.7 Å². The number of hydrogen-bond acceptors (Lipinski definition) is 8. The first-order valence-electron chi connectivity index (χ1n) is 13.7. The largest absolute Gasteiger partial charge is 0.379 e. The summed E-state index contributed by atoms with van der Waals surface area (Å²) in [6.07, 6.45) is 3.10. The molecule has 1 aliphatic heterocycles. The third kappa shape index (κ3) is 6.15. The second-order valence-corrected chi connectivity index (χ2v) is 12.6. The number of benzene rings is 3. The molecule has 5 aromatic rings. The lowest BCUT2D eigenvalue weighted by Crippen LogP contribution is -2.50. The minimum Gasteiger partial charge on any atom is -0.379 e. The van der Waals surface area contributed by atoms with Crippen molar-refractivity contribution in [3.05, 3.63) is 128 Å². The summed E-state index contributed by atoms with van der Waals surface area (Å²) in [5.74, 6) is 0.463. The minimum absolute atomic E-state index is 0.0320. The molecule has 1 fully saturated rings. The summed E-state index contributed by atoms with van der Waals surface area (Å²) >= 11 is 3.38. The maximum atomic E-state index is 13.1. The predicted octanol–water partition coefficient (Wildman–Crippen LogP) is 3.63. The van der Waals surface area contributed by atoms with Crippen LogP contribution in [0.25, 0.3) is 10.8 Å². The number of aromatic amines is 1. The number of carbonyl (C=O) groups excluding carboxylic acids is 1. The van der Waals surface area contributed by atoms with E-state index in [1.807, 2.05) is 17.0 Å². The zero-order valence-corrected chi connectivity index (χ0v) is 25.6. The van der Waals surface area contributed by atoms with Gasteiger partial charge in [0, 0.05) is 65.4 Å². The fraction of sp³-hybridized carbons (Fsp3) is 0.161. The lowest BCUT2D eigenvalue weighted by atomic mass is 10.2. The van der Waals surface area contributed by atoms with Gasteiger partial charge in [-0.1, -0.05) is 40.2 Å². The number of fused-ring (bicyclic) bond motifs is 1. The predicted molar refractivity (Wildman–Crippen MR) is 169 cm³/mol. The van der Waals surface area contributed by atoms with Crippen molar-refractivity contribution < 1.29 is 17.4 Å². The molecule has 0 unspecified atom stereocenters. The highest BCUT2D eigenvalue weighted by molar-refractivity contribution is 9.10. The van der Waals surface area contributed by atoms with Crippen LogP contribution < -0.4 is 20.3 Å². The van der Waals surface area contributed by atoms with Crippen molar-refractivity contribution in [1.82, 2.24) is 19.4 Å². The maximum Gasteiger partial charge on any atom is 0.339 e. The number of piperazine rings is 1. The van der Waals surface area contributed by atoms with Crippen LogP contribution in [0.2, 0.25) is 0 Å². The van der Waals surface area contributed by atoms with Gasteiger partial charge in [0.1, 0.15) is 16.5 Å². The summed E-state index contributed by atoms with van der Waals surface area (Å²) in [4.78, 5) is 48.2. The van der Waals surface area contributed by atoms with Crippen molar-refractivity contribution >= 4 is 48.5 Å². The van der Waals surface area contributed by atoms with Gasteiger partial charge in [0.05, 0.1) is 6.54 Å². The number of hydrogen-bond donors (Lipinski definition) is 1. The number of anilines is 1. The van der Waals surface area contributed by atoms with Gasteiger partial charge >= 0.3 is 15.8 Å². The Bertz CT molecular complexity index is 2070. The fourth-order valence-corrected chi connectivity index (χ4v) is 6.57. The first kappa shape index (κ1) is 29.3. The van der Waals surface area contributed by atoms with Gasteiger partial charge in [-0.25, -0.2) is 4.79 Å². The molecule has 3 aromatic carbocycles. The average Bonchev–Trinajstić information content (AvgIpc) is 3.03. The van der Waals surface area contributed by atoms with Crippen molar-refractivity contribution in [2.75, 3.05) is 31.1 Å². The third-order valence-corrected chi connectivity index (χ3v) is 9.21. The Morgan fingerprint density at radius 3 is 2.39 bits per heavy atom. The van der Waals surface area contributed by atoms with Gasteiger partial charge < -0.3 is 14.0 Å². The molecule has 0 atom stereocenters. The molecular formula is C31H26BrN5O6S. The van der Waals surface area contributed by atoms with Gasteiger partial charge in [0.25, 0.3) is 11.5 Å². The Balaban J connectivity index is 1.17. The van der Waals surface area contributed by atoms with Crippen LogP contribution in [0, 0.1) is 0 Å². The number of nitrogens with one attached hydrogen (secondary N) is 1. The lowest BCUT2D eigenvalue weighted by Gasteiger charge is -2.36. The Labute approximate surface area is 260 Å². The van der Waals surface area contributed by atoms with Crippen LogP contribution in [0.1, 0.15) is 15.9 Å². The molecule has 1 amide bonds. The van der Waals surface area contributed by atoms with Crippen molar-refractivity contribution in [3.8, 4) is 5.75 Å². The highest BCUT2D eigenvalue weighted by Gasteiger charge is 2.25. The number of rotatable bonds is 7. The van der Waals surface area contributed by atoms with Crippen molar-refractivity contribution in [2.45, 2.75) is 11.4 Å². The zero-order valence-electron chi connectivity index (χ0n) is 23.2. The second kappa shape index (κ2) is 12.1. The monoisotopic (exact) mass is 675 g/mol. The van der Waals surface area contributed by atoms with Gasteiger partial charge in [-0.3, -0.25) is 24.1 Å². The van der Waals surface area contributed by atoms with Crippen molar-refractivity contribution in [3.63, 3.8) is 0 Å². The number of halogens is 1. The molecule has 0 radical (unpaired) electrons. The molecule has 1 aliphatic rings. The summed E-state index contributed by atoms with van der Waals surface area (Å²) in [6.45, 7) is 1.82. The van der Waals surface area contributed by atoms with E-state index in [0.29, 0.717) is 53.9 Å². The van der Waals surface area contributed by atoms with Crippen LogP contribution in [0.15, 0.2) is 110 Å². The van der Waals surface area contributed by atoms with E-state index in [4.69, 9.17) is 4.18 Å². The van der Waals surface area contributed by atoms with Crippen LogP contribution >= 0.6 is 15.9 Å². The molecule has 3 heterocycles. The zero-order chi connectivity index (χ0) is 30.8. The molecular weight excluding hydrogens is 650 g/mol. The molecule has 224 valence electrons. The van der Waals surface area contributed by atoms with E-state index in [1.165, 1.54) is 35.0 Å². The van der Waals surface area contributed by atoms with Gasteiger partial charge in [-0.15, -0.1) is 0 Å². The van der Waals surface area contributed by atoms with Crippen molar-refractivity contribution in [2.24, 2.45) is 0 Å². The number of pyridine rings is 1. The normalized spacial score (nSPS) is 13.7. The summed E-state index contributed by atoms with van der Waals surface area (Å²) in [5, 5.41) is 1.18. The first-order valence-corrected chi connectivity index (χ1v) is 15.9. The summed E-state index contributed by atoms with van der Waals surface area (Å²) in [6, 6.07) is 21.4. The van der Waals surface area contributed by atoms with E-state index in [2.05, 4.69) is 25.9 Å². The quantitative estimate of drug-likeness (QED) is 0.259. The molecule has 6 rings (SSSR count). The Morgan fingerprint density at radius 1 is 0.932 bits per heavy atom. The van der Waals surface area contributed by atoms with Crippen molar-refractivity contribution in [1.29, 1.82) is 0 Å². The minimum atomic E-state index is -4.13. The molecule has 0 spiro atoms. The Kier molecular flexibility index (Phi) is 8.06. The van der Waals surface area contributed by atoms with E-state index in [-0.39, 0.29) is 23.1 Å². The fourth-order valence-electron chi connectivity index (χ4n) is 5.15. The maximum absolute atomic E-state index is 13.1. The molecule has 1 saturated heterocycles. The summed E-state index contributed by atoms with van der Waals surface area (Å²) < 4.78 is 33.9. The highest BCUT2D eigenvalue weighted by Crippen LogP contribution is 2.26. The number of H-pyrrole nitrogens is 1. The van der Waals surface area contributed by atoms with Gasteiger partial charge in [0.2, 0.25) is 0 Å². The van der Waals surface area contributed by atoms with Crippen LogP contribution in [-0.4, -0.2) is 59.9 Å². The topological polar surface area (TPSA) is 135 Å². The van der Waals surface area contributed by atoms with E-state index in [9.17, 15) is 22.8 Å². The standard InChI is InChI=1S/C31H26BrN5O6S/c32-24-8-6-22(7-9-24)30(39)36-16-14-35(15-17-36)29-18-28(38)34-31(40)37(29)20-21-4-10-25(11-5-21)43-44(41,42)27-3-1-2-23-19-33-13-12-26(23)27/h1-13,18-19H,14-17,20H2,(H,34,38,40). The number of aromatic nitrogens is 3. The number of amides is 1. The summed E-state index contributed by atoms with van der Waals surface area (Å²) in [5.41, 5.74) is 0.178. The molecule has 13 heteroatoms. The Morgan fingerprint density at radius 2 is 1.66 bits per heavy atom. The van der Waals surface area contributed by atoms with Crippen LogP contribution in [0.3, 0.4) is 0 Å². The van der Waals surface area contributed by atoms with E-state index in [1.54, 1.807) is 53.6 Å². The summed E-state index contributed by atoms with van der Waals surface area (Å²) in [7, 11) is -4.13. The Hall–Kier alpha value is -4.75. The highest BCUT2D eigenvalue weighted by atomic mass is 79.9. The molecule has 0 bridgehead atoms. The molecule has 11 nitrogen and oxygen atoms in total. The number of carbonyl (C=O) groups is 1. The van der Waals surface area contributed by atoms with Gasteiger partial charge in [-0.2, -0.15) is 8.42 Å². The molecule has 0 saturated carbocycles. The second-order valence-electron chi connectivity index (χ2n) is 10.2. The SMILES string of the molecule is O=C(c1ccc(Br)cc1)N1CCN(c2cc(=O)[nH]c(=O)n2Cc2ccc(OS(=O)(=O)c3cccc4cnccc34)cc2)CC1. The lowest BCUT2D eigenvalue weighted by molar-refractivity contribution is 0.0746. The molecule has 44 heavy (non-hydrogen) atoms. The van der Waals surface area contributed by atoms with E-state index < -0.39 is 21.4 Å². The average molecular weight is 677 g/mol. The molecule has 1 N–H and O–H groups in total. The van der Waals surface area contributed by atoms with E-state index >= 15 is 0 Å². The van der Waals surface area contributed by atoms with E-state index in [0.717, 1.165) is 4.47 Å². The smallest absolute Gasteiger partial charge is 0.339 e. The van der Waals surface area contributed by atoms with Gasteiger partial charge in [0.15, 0.2) is 0 Å². The van der Waals surface area contributed by atoms with Crippen LogP contribution in [0.4, 0.5) is 5.82 Å². The molecule has 0 aliphatic carbocycles. The van der Waals surface area contributed by atoms with Gasteiger partial charge in [-0.05, 0) is 54.1 Å². The third-order valence-electron chi connectivity index (χ3n) is 7.37. The first-order chi connectivity index (χ1) is 21.2. The van der Waals surface area contributed by atoms with Crippen LogP contribution in [0.5, 0.6) is 5.75 Å².